The first-order valence-electron chi connectivity index (χ1n) is 8.31. The largest absolute Gasteiger partial charge is 0.482 e. The number of nitrogens with zero attached hydrogens (tertiary/aromatic N) is 2. The van der Waals surface area contributed by atoms with Crippen LogP contribution in [0.5, 0.6) is 5.75 Å². The molecule has 0 atom stereocenters. The third-order valence-electron chi connectivity index (χ3n) is 4.02. The maximum atomic E-state index is 12.3. The van der Waals surface area contributed by atoms with Crippen LogP contribution in [-0.4, -0.2) is 48.9 Å². The number of ether oxygens (including phenoxy) is 2. The van der Waals surface area contributed by atoms with Gasteiger partial charge in [0.05, 0.1) is 7.11 Å². The van der Waals surface area contributed by atoms with Gasteiger partial charge < -0.3 is 20.1 Å². The number of hydrogen-bond donors (Lipinski definition) is 2. The second kappa shape index (κ2) is 8.72. The van der Waals surface area contributed by atoms with E-state index in [1.165, 1.54) is 18.4 Å². The zero-order chi connectivity index (χ0) is 18.4. The van der Waals surface area contributed by atoms with Crippen LogP contribution < -0.4 is 15.4 Å². The van der Waals surface area contributed by atoms with Crippen molar-refractivity contribution in [1.82, 2.24) is 15.5 Å². The molecule has 0 saturated carbocycles. The second-order valence-electron chi connectivity index (χ2n) is 5.81. The molecule has 0 bridgehead atoms. The first-order valence-corrected chi connectivity index (χ1v) is 9.12. The van der Waals surface area contributed by atoms with Gasteiger partial charge >= 0.3 is 5.97 Å². The van der Waals surface area contributed by atoms with Gasteiger partial charge in [-0.25, -0.2) is 4.79 Å². The van der Waals surface area contributed by atoms with Crippen LogP contribution in [0.4, 0.5) is 5.69 Å². The van der Waals surface area contributed by atoms with E-state index in [9.17, 15) is 9.59 Å². The molecule has 1 amide bonds. The third-order valence-corrected chi connectivity index (χ3v) is 5.10. The van der Waals surface area contributed by atoms with Crippen LogP contribution in [-0.2, 0) is 9.53 Å². The van der Waals surface area contributed by atoms with Crippen molar-refractivity contribution in [2.24, 2.45) is 0 Å². The molecule has 1 saturated heterocycles. The highest BCUT2D eigenvalue weighted by Crippen LogP contribution is 2.28. The van der Waals surface area contributed by atoms with Gasteiger partial charge in [-0.05, 0) is 50.2 Å². The smallest absolute Gasteiger partial charge is 0.343 e. The van der Waals surface area contributed by atoms with Gasteiger partial charge in [0.25, 0.3) is 5.91 Å². The summed E-state index contributed by atoms with van der Waals surface area (Å²) in [6, 6.07) is 6.72. The Balaban J connectivity index is 1.56. The highest BCUT2D eigenvalue weighted by atomic mass is 32.1. The summed E-state index contributed by atoms with van der Waals surface area (Å²) in [5.41, 5.74) is 0.610. The summed E-state index contributed by atoms with van der Waals surface area (Å²) >= 11 is 1.35. The van der Waals surface area contributed by atoms with Gasteiger partial charge in [0.2, 0.25) is 5.01 Å². The first-order chi connectivity index (χ1) is 12.7. The molecule has 8 nitrogen and oxygen atoms in total. The van der Waals surface area contributed by atoms with Gasteiger partial charge in [0, 0.05) is 11.6 Å². The molecular formula is C17H20N4O4S. The van der Waals surface area contributed by atoms with E-state index < -0.39 is 5.97 Å². The van der Waals surface area contributed by atoms with Crippen molar-refractivity contribution in [3.63, 3.8) is 0 Å². The Hall–Kier alpha value is -2.52. The van der Waals surface area contributed by atoms with Crippen LogP contribution in [0.3, 0.4) is 0 Å². The number of esters is 1. The fourth-order valence-corrected chi connectivity index (χ4v) is 3.49. The van der Waals surface area contributed by atoms with Crippen molar-refractivity contribution in [3.05, 3.63) is 34.3 Å². The summed E-state index contributed by atoms with van der Waals surface area (Å²) in [4.78, 5) is 23.4. The van der Waals surface area contributed by atoms with E-state index in [-0.39, 0.29) is 12.5 Å². The molecule has 1 aromatic heterocycles. The molecule has 138 valence electrons. The Kier molecular flexibility index (Phi) is 6.13. The number of rotatable bonds is 6. The lowest BCUT2D eigenvalue weighted by atomic mass is 9.99. The van der Waals surface area contributed by atoms with E-state index >= 15 is 0 Å². The molecule has 0 spiro atoms. The zero-order valence-corrected chi connectivity index (χ0v) is 15.2. The summed E-state index contributed by atoms with van der Waals surface area (Å²) in [6.07, 6.45) is 2.03. The van der Waals surface area contributed by atoms with Crippen molar-refractivity contribution in [2.75, 3.05) is 32.1 Å². The molecule has 1 aromatic carbocycles. The maximum Gasteiger partial charge on any atom is 0.343 e. The summed E-state index contributed by atoms with van der Waals surface area (Å²) < 4.78 is 9.77. The van der Waals surface area contributed by atoms with Crippen molar-refractivity contribution in [3.8, 4) is 5.75 Å². The highest BCUT2D eigenvalue weighted by Gasteiger charge is 2.21. The van der Waals surface area contributed by atoms with Crippen LogP contribution in [0.1, 0.15) is 33.6 Å². The van der Waals surface area contributed by atoms with E-state index in [0.29, 0.717) is 22.4 Å². The first kappa shape index (κ1) is 18.3. The number of carbonyl (C=O) groups excluding carboxylic acids is 2. The molecule has 1 fully saturated rings. The van der Waals surface area contributed by atoms with Gasteiger partial charge in [0.1, 0.15) is 10.8 Å². The van der Waals surface area contributed by atoms with E-state index in [4.69, 9.17) is 4.74 Å². The van der Waals surface area contributed by atoms with Crippen LogP contribution in [0, 0.1) is 0 Å². The Labute approximate surface area is 154 Å². The van der Waals surface area contributed by atoms with Crippen LogP contribution in [0.2, 0.25) is 0 Å². The lowest BCUT2D eigenvalue weighted by Crippen LogP contribution is -2.26. The summed E-state index contributed by atoms with van der Waals surface area (Å²) in [6.45, 7) is 1.78. The fourth-order valence-electron chi connectivity index (χ4n) is 2.58. The number of anilines is 1. The molecule has 26 heavy (non-hydrogen) atoms. The minimum atomic E-state index is -0.455. The summed E-state index contributed by atoms with van der Waals surface area (Å²) in [5.74, 6) is 0.146. The van der Waals surface area contributed by atoms with Crippen molar-refractivity contribution < 1.29 is 19.1 Å². The standard InChI is InChI=1S/C17H20N4O4S/c1-24-14(22)10-25-13-4-2-12(3-5-13)19-15(23)17-21-20-16(26-17)11-6-8-18-9-7-11/h2-5,11,18H,6-10H2,1H3,(H,19,23). The predicted molar refractivity (Wildman–Crippen MR) is 96.7 cm³/mol. The quantitative estimate of drug-likeness (QED) is 0.741. The highest BCUT2D eigenvalue weighted by molar-refractivity contribution is 7.13. The normalized spacial score (nSPS) is 14.7. The summed E-state index contributed by atoms with van der Waals surface area (Å²) in [7, 11) is 1.30. The van der Waals surface area contributed by atoms with E-state index in [1.807, 2.05) is 0 Å². The van der Waals surface area contributed by atoms with Gasteiger partial charge in [-0.3, -0.25) is 4.79 Å². The number of benzene rings is 1. The molecule has 0 aliphatic carbocycles. The number of piperidine rings is 1. The minimum absolute atomic E-state index is 0.160. The summed E-state index contributed by atoms with van der Waals surface area (Å²) in [5, 5.41) is 15.6. The number of amides is 1. The number of hydrogen-bond acceptors (Lipinski definition) is 8. The Morgan fingerprint density at radius 1 is 1.23 bits per heavy atom. The SMILES string of the molecule is COC(=O)COc1ccc(NC(=O)c2nnc(C3CCNCC3)s2)cc1. The third kappa shape index (κ3) is 4.77. The van der Waals surface area contributed by atoms with E-state index in [1.54, 1.807) is 24.3 Å². The molecule has 0 unspecified atom stereocenters. The van der Waals surface area contributed by atoms with Crippen molar-refractivity contribution >= 4 is 28.9 Å². The Morgan fingerprint density at radius 3 is 2.65 bits per heavy atom. The monoisotopic (exact) mass is 376 g/mol. The van der Waals surface area contributed by atoms with Gasteiger partial charge in [-0.15, -0.1) is 10.2 Å². The molecule has 2 aromatic rings. The number of nitrogens with one attached hydrogen (secondary N) is 2. The Morgan fingerprint density at radius 2 is 1.96 bits per heavy atom. The molecule has 2 N–H and O–H groups in total. The maximum absolute atomic E-state index is 12.3. The van der Waals surface area contributed by atoms with Crippen molar-refractivity contribution in [1.29, 1.82) is 0 Å². The van der Waals surface area contributed by atoms with Crippen LogP contribution in [0.15, 0.2) is 24.3 Å². The molecule has 0 radical (unpaired) electrons. The molecular weight excluding hydrogens is 356 g/mol. The zero-order valence-electron chi connectivity index (χ0n) is 14.4. The lowest BCUT2D eigenvalue weighted by molar-refractivity contribution is -0.142. The second-order valence-corrected chi connectivity index (χ2v) is 6.82. The minimum Gasteiger partial charge on any atom is -0.482 e. The van der Waals surface area contributed by atoms with Gasteiger partial charge in [0.15, 0.2) is 6.61 Å². The molecule has 2 heterocycles. The number of aromatic nitrogens is 2. The number of carbonyl (C=O) groups is 2. The molecule has 1 aliphatic heterocycles. The molecule has 1 aliphatic rings. The van der Waals surface area contributed by atoms with E-state index in [2.05, 4.69) is 25.6 Å². The van der Waals surface area contributed by atoms with Gasteiger partial charge in [-0.1, -0.05) is 11.3 Å². The van der Waals surface area contributed by atoms with Crippen molar-refractivity contribution in [2.45, 2.75) is 18.8 Å². The fraction of sp³-hybridized carbons (Fsp3) is 0.412. The predicted octanol–water partition coefficient (Wildman–Crippen LogP) is 1.81. The number of methoxy groups -OCH3 is 1. The molecule has 9 heteroatoms. The van der Waals surface area contributed by atoms with E-state index in [0.717, 1.165) is 30.9 Å². The van der Waals surface area contributed by atoms with Gasteiger partial charge in [-0.2, -0.15) is 0 Å². The average molecular weight is 376 g/mol. The van der Waals surface area contributed by atoms with Crippen LogP contribution >= 0.6 is 11.3 Å². The Bertz CT molecular complexity index is 756. The lowest BCUT2D eigenvalue weighted by Gasteiger charge is -2.19. The molecule has 3 rings (SSSR count). The topological polar surface area (TPSA) is 102 Å². The average Bonchev–Trinajstić information content (AvgIpc) is 3.18. The van der Waals surface area contributed by atoms with Crippen LogP contribution in [0.25, 0.3) is 0 Å².